The van der Waals surface area contributed by atoms with Crippen LogP contribution in [0.2, 0.25) is 0 Å². The van der Waals surface area contributed by atoms with E-state index in [1.807, 2.05) is 25.6 Å². The summed E-state index contributed by atoms with van der Waals surface area (Å²) in [5, 5.41) is 0. The van der Waals surface area contributed by atoms with E-state index in [9.17, 15) is 4.79 Å². The van der Waals surface area contributed by atoms with Gasteiger partial charge in [0.1, 0.15) is 10.9 Å². The highest BCUT2D eigenvalue weighted by Crippen LogP contribution is 2.63. The third-order valence-corrected chi connectivity index (χ3v) is 17.1. The average molecular weight is 755 g/mol. The van der Waals surface area contributed by atoms with Crippen LogP contribution in [0.4, 0.5) is 0 Å². The lowest BCUT2D eigenvalue weighted by Crippen LogP contribution is -2.70. The lowest BCUT2D eigenvalue weighted by Gasteiger charge is -2.60. The van der Waals surface area contributed by atoms with Gasteiger partial charge in [0.15, 0.2) is 23.8 Å². The molecule has 0 aromatic heterocycles. The largest absolute Gasteiger partial charge is 0.466 e. The molecule has 2 aliphatic carbocycles. The van der Waals surface area contributed by atoms with Crippen LogP contribution in [0.5, 0.6) is 0 Å². The van der Waals surface area contributed by atoms with Crippen LogP contribution >= 0.6 is 23.5 Å². The minimum atomic E-state index is -0.769. The molecule has 0 radical (unpaired) electrons. The Labute approximate surface area is 313 Å². The third-order valence-electron chi connectivity index (χ3n) is 14.4. The summed E-state index contributed by atoms with van der Waals surface area (Å²) in [5.74, 6) is 3.28. The van der Waals surface area contributed by atoms with Crippen molar-refractivity contribution in [3.05, 3.63) is 0 Å². The molecular weight excluding hydrogens is 693 g/mol. The van der Waals surface area contributed by atoms with Gasteiger partial charge in [0.2, 0.25) is 11.6 Å². The highest BCUT2D eigenvalue weighted by Gasteiger charge is 2.70. The maximum atomic E-state index is 12.6. The topological polar surface area (TPSA) is 100 Å². The molecule has 8 saturated heterocycles. The van der Waals surface area contributed by atoms with Gasteiger partial charge in [-0.1, -0.05) is 40.5 Å². The molecule has 290 valence electrons. The molecular formula is C39H62O10S2. The highest BCUT2D eigenvalue weighted by molar-refractivity contribution is 8.00. The number of fused-ring (bicyclic) bond motifs is 4. The molecule has 0 N–H and O–H groups in total. The lowest BCUT2D eigenvalue weighted by atomic mass is 9.58. The van der Waals surface area contributed by atoms with Crippen LogP contribution in [-0.2, 0) is 48.0 Å². The summed E-state index contributed by atoms with van der Waals surface area (Å²) < 4.78 is 32.0. The van der Waals surface area contributed by atoms with Crippen molar-refractivity contribution in [3.8, 4) is 0 Å². The molecule has 2 spiro atoms. The second-order valence-corrected chi connectivity index (χ2v) is 20.1. The number of hydrogen-bond donors (Lipinski definition) is 0. The summed E-state index contributed by atoms with van der Waals surface area (Å²) in [5.41, 5.74) is -0.990. The first kappa shape index (κ1) is 37.8. The normalized spacial score (nSPS) is 51.3. The van der Waals surface area contributed by atoms with Gasteiger partial charge in [0, 0.05) is 30.4 Å². The van der Waals surface area contributed by atoms with Crippen molar-refractivity contribution in [2.75, 3.05) is 18.1 Å². The molecule has 2 saturated carbocycles. The Morgan fingerprint density at radius 1 is 0.627 bits per heavy atom. The van der Waals surface area contributed by atoms with Crippen LogP contribution in [-0.4, -0.2) is 70.3 Å². The van der Waals surface area contributed by atoms with E-state index >= 15 is 0 Å². The molecule has 0 amide bonds. The molecule has 10 nitrogen and oxygen atoms in total. The van der Waals surface area contributed by atoms with Crippen molar-refractivity contribution in [1.29, 1.82) is 0 Å². The number of hydrogen-bond acceptors (Lipinski definition) is 12. The van der Waals surface area contributed by atoms with E-state index in [-0.39, 0.29) is 29.0 Å². The fraction of sp³-hybridized carbons (Fsp3) is 0.974. The van der Waals surface area contributed by atoms with Crippen molar-refractivity contribution in [1.82, 2.24) is 0 Å². The lowest BCUT2D eigenvalue weighted by molar-refractivity contribution is -0.568. The monoisotopic (exact) mass is 754 g/mol. The van der Waals surface area contributed by atoms with Gasteiger partial charge in [0.25, 0.3) is 0 Å². The minimum absolute atomic E-state index is 0.0521. The van der Waals surface area contributed by atoms with Gasteiger partial charge < -0.3 is 23.7 Å². The van der Waals surface area contributed by atoms with Crippen molar-refractivity contribution in [3.63, 3.8) is 0 Å². The summed E-state index contributed by atoms with van der Waals surface area (Å²) in [6.07, 6.45) is 12.1. The van der Waals surface area contributed by atoms with E-state index in [4.69, 9.17) is 43.2 Å². The SMILES string of the molecule is C[C@H]1[C@H](SCCCCCCOC(=O)CCSC2O[C@@H]3O[C@]4(C)CC[C@H]5[C@H](C)CC[C@@H]([C@H]2C)[C@@]35OO4)O[C@@H]2O[C@]3(C)CC[C@H]4[C@H](C)CC[C@@H]1[C@@]24OO3. The fourth-order valence-electron chi connectivity index (χ4n) is 11.4. The molecule has 1 unspecified atom stereocenters. The Bertz CT molecular complexity index is 1260. The van der Waals surface area contributed by atoms with Crippen molar-refractivity contribution >= 4 is 29.5 Å². The number of rotatable bonds is 12. The van der Waals surface area contributed by atoms with Gasteiger partial charge >= 0.3 is 5.97 Å². The Morgan fingerprint density at radius 2 is 1.14 bits per heavy atom. The number of ether oxygens (including phenoxy) is 5. The van der Waals surface area contributed by atoms with Gasteiger partial charge in [-0.25, -0.2) is 19.6 Å². The van der Waals surface area contributed by atoms with E-state index in [0.717, 1.165) is 70.0 Å². The zero-order chi connectivity index (χ0) is 35.6. The summed E-state index contributed by atoms with van der Waals surface area (Å²) in [7, 11) is 0. The minimum Gasteiger partial charge on any atom is -0.466 e. The zero-order valence-corrected chi connectivity index (χ0v) is 33.3. The maximum Gasteiger partial charge on any atom is 0.306 e. The zero-order valence-electron chi connectivity index (χ0n) is 31.6. The second-order valence-electron chi connectivity index (χ2n) is 17.7. The molecule has 10 aliphatic rings. The van der Waals surface area contributed by atoms with Crippen LogP contribution in [0.1, 0.15) is 125 Å². The number of esters is 1. The highest BCUT2D eigenvalue weighted by atomic mass is 32.2. The first-order chi connectivity index (χ1) is 24.5. The second kappa shape index (κ2) is 14.7. The van der Waals surface area contributed by atoms with Crippen molar-refractivity contribution in [2.45, 2.75) is 171 Å². The van der Waals surface area contributed by atoms with Gasteiger partial charge in [-0.3, -0.25) is 4.79 Å². The molecule has 0 aromatic rings. The van der Waals surface area contributed by atoms with Gasteiger partial charge in [-0.2, -0.15) is 0 Å². The molecule has 8 heterocycles. The molecule has 12 heteroatoms. The van der Waals surface area contributed by atoms with E-state index < -0.39 is 29.1 Å². The third kappa shape index (κ3) is 6.67. The maximum absolute atomic E-state index is 12.6. The van der Waals surface area contributed by atoms with E-state index in [1.54, 1.807) is 11.8 Å². The summed E-state index contributed by atoms with van der Waals surface area (Å²) >= 11 is 3.63. The summed E-state index contributed by atoms with van der Waals surface area (Å²) in [4.78, 5) is 37.1. The smallest absolute Gasteiger partial charge is 0.306 e. The van der Waals surface area contributed by atoms with Gasteiger partial charge in [0.05, 0.1) is 13.0 Å². The van der Waals surface area contributed by atoms with E-state index in [1.165, 1.54) is 12.8 Å². The Hall–Kier alpha value is -0.150. The van der Waals surface area contributed by atoms with E-state index in [0.29, 0.717) is 60.2 Å². The Morgan fingerprint density at radius 3 is 1.69 bits per heavy atom. The summed E-state index contributed by atoms with van der Waals surface area (Å²) in [6, 6.07) is 0. The van der Waals surface area contributed by atoms with Crippen LogP contribution in [0, 0.1) is 47.3 Å². The molecule has 4 bridgehead atoms. The van der Waals surface area contributed by atoms with E-state index in [2.05, 4.69) is 27.7 Å². The van der Waals surface area contributed by atoms with Crippen LogP contribution in [0.3, 0.4) is 0 Å². The van der Waals surface area contributed by atoms with Crippen LogP contribution < -0.4 is 0 Å². The number of carbonyl (C=O) groups is 1. The number of unbranched alkanes of at least 4 members (excludes halogenated alkanes) is 3. The number of thioether (sulfide) groups is 2. The standard InChI is InChI=1S/C39H62O10S2/c1-23-11-13-29-25(3)32(42-34-38(29)27(23)15-18-36(5,44-34)46-48-38)50-21-10-8-7-9-20-41-31(40)17-22-51-33-26(4)30-14-12-24(2)28-16-19-37(6)45-35(43-33)39(28,30)49-47-37/h23-30,32-35H,7-22H2,1-6H3/t23-,24-,25-,26-,27+,28+,29+,30+,32+,33?,34-,35-,36+,37+,38-,39-/m1/s1. The molecule has 8 aliphatic heterocycles. The Kier molecular flexibility index (Phi) is 10.9. The average Bonchev–Trinajstić information content (AvgIpc) is 3.48. The molecule has 10 rings (SSSR count). The van der Waals surface area contributed by atoms with Crippen molar-refractivity contribution < 1.29 is 48.0 Å². The van der Waals surface area contributed by atoms with Crippen molar-refractivity contribution in [2.24, 2.45) is 47.3 Å². The molecule has 51 heavy (non-hydrogen) atoms. The van der Waals surface area contributed by atoms with Crippen LogP contribution in [0.15, 0.2) is 0 Å². The fourth-order valence-corrected chi connectivity index (χ4v) is 13.9. The van der Waals surface area contributed by atoms with Gasteiger partial charge in [-0.05, 0) is 106 Å². The molecule has 16 atom stereocenters. The van der Waals surface area contributed by atoms with Gasteiger partial charge in [-0.15, -0.1) is 23.5 Å². The molecule has 0 aromatic carbocycles. The van der Waals surface area contributed by atoms with Crippen LogP contribution in [0.25, 0.3) is 0 Å². The quantitative estimate of drug-likeness (QED) is 0.109. The number of carbonyl (C=O) groups excluding carboxylic acids is 1. The predicted octanol–water partition coefficient (Wildman–Crippen LogP) is 8.36. The Balaban J connectivity index is 0.726. The first-order valence-corrected chi connectivity index (χ1v) is 22.4. The predicted molar refractivity (Wildman–Crippen MR) is 193 cm³/mol. The molecule has 10 fully saturated rings. The summed E-state index contributed by atoms with van der Waals surface area (Å²) in [6.45, 7) is 13.7. The first-order valence-electron chi connectivity index (χ1n) is 20.3.